The molecule has 1 fully saturated rings. The number of rotatable bonds is 2. The van der Waals surface area contributed by atoms with Gasteiger partial charge in [0, 0.05) is 11.8 Å². The molecule has 0 aliphatic carbocycles. The number of hydrogen-bond acceptors (Lipinski definition) is 4. The summed E-state index contributed by atoms with van der Waals surface area (Å²) in [5.74, 6) is 1.64. The third kappa shape index (κ3) is 2.69. The normalized spacial score (nSPS) is 25.8. The van der Waals surface area contributed by atoms with Gasteiger partial charge in [-0.1, -0.05) is 26.8 Å². The van der Waals surface area contributed by atoms with Gasteiger partial charge in [-0.05, 0) is 17.7 Å². The highest BCUT2D eigenvalue weighted by Gasteiger charge is 2.35. The van der Waals surface area contributed by atoms with E-state index in [9.17, 15) is 0 Å². The molecule has 0 saturated carbocycles. The summed E-state index contributed by atoms with van der Waals surface area (Å²) in [5, 5.41) is 0. The van der Waals surface area contributed by atoms with Gasteiger partial charge in [-0.3, -0.25) is 0 Å². The molecule has 2 heterocycles. The Bertz CT molecular complexity index is 464. The van der Waals surface area contributed by atoms with E-state index < -0.39 is 0 Å². The minimum absolute atomic E-state index is 0.0175. The fourth-order valence-corrected chi connectivity index (χ4v) is 2.34. The number of benzene rings is 1. The molecule has 104 valence electrons. The van der Waals surface area contributed by atoms with E-state index in [1.807, 2.05) is 12.1 Å². The van der Waals surface area contributed by atoms with Crippen LogP contribution in [0, 0.1) is 5.41 Å². The van der Waals surface area contributed by atoms with Crippen LogP contribution in [-0.4, -0.2) is 25.8 Å². The zero-order valence-corrected chi connectivity index (χ0v) is 11.6. The van der Waals surface area contributed by atoms with Crippen LogP contribution in [-0.2, 0) is 15.9 Å². The number of hydrogen-bond donors (Lipinski definition) is 0. The molecule has 3 rings (SSSR count). The second-order valence-electron chi connectivity index (χ2n) is 6.18. The Morgan fingerprint density at radius 3 is 2.68 bits per heavy atom. The standard InChI is InChI=1S/C15H20O4/c1-15(2,3)14-16-8-11(19-14)6-10-4-5-12-13(7-10)18-9-17-12/h4-5,7,11,14H,6,8-9H2,1-3H3. The first-order valence-electron chi connectivity index (χ1n) is 6.68. The van der Waals surface area contributed by atoms with Crippen molar-refractivity contribution in [1.82, 2.24) is 0 Å². The van der Waals surface area contributed by atoms with E-state index in [0.29, 0.717) is 13.4 Å². The van der Waals surface area contributed by atoms with Crippen LogP contribution in [0.5, 0.6) is 11.5 Å². The third-order valence-corrected chi connectivity index (χ3v) is 3.36. The van der Waals surface area contributed by atoms with Crippen molar-refractivity contribution in [2.45, 2.75) is 39.6 Å². The molecule has 1 aromatic rings. The zero-order valence-electron chi connectivity index (χ0n) is 11.6. The van der Waals surface area contributed by atoms with E-state index in [-0.39, 0.29) is 17.8 Å². The molecule has 0 N–H and O–H groups in total. The summed E-state index contributed by atoms with van der Waals surface area (Å²) in [6, 6.07) is 6.03. The molecular formula is C15H20O4. The summed E-state index contributed by atoms with van der Waals surface area (Å²) in [4.78, 5) is 0. The second kappa shape index (κ2) is 4.69. The average molecular weight is 264 g/mol. The molecule has 2 unspecified atom stereocenters. The van der Waals surface area contributed by atoms with Crippen LogP contribution < -0.4 is 9.47 Å². The Hall–Kier alpha value is -1.26. The van der Waals surface area contributed by atoms with E-state index in [0.717, 1.165) is 17.9 Å². The lowest BCUT2D eigenvalue weighted by Crippen LogP contribution is -2.28. The molecule has 1 saturated heterocycles. The monoisotopic (exact) mass is 264 g/mol. The smallest absolute Gasteiger partial charge is 0.231 e. The van der Waals surface area contributed by atoms with Gasteiger partial charge in [-0.15, -0.1) is 0 Å². The maximum atomic E-state index is 5.95. The Balaban J connectivity index is 1.64. The highest BCUT2D eigenvalue weighted by atomic mass is 16.7. The van der Waals surface area contributed by atoms with Gasteiger partial charge >= 0.3 is 0 Å². The minimum atomic E-state index is -0.119. The van der Waals surface area contributed by atoms with Gasteiger partial charge < -0.3 is 18.9 Å². The molecule has 0 radical (unpaired) electrons. The first-order valence-corrected chi connectivity index (χ1v) is 6.68. The predicted molar refractivity (Wildman–Crippen MR) is 70.3 cm³/mol. The lowest BCUT2D eigenvalue weighted by atomic mass is 9.96. The van der Waals surface area contributed by atoms with Crippen molar-refractivity contribution < 1.29 is 18.9 Å². The minimum Gasteiger partial charge on any atom is -0.454 e. The summed E-state index contributed by atoms with van der Waals surface area (Å²) in [7, 11) is 0. The number of fused-ring (bicyclic) bond motifs is 1. The topological polar surface area (TPSA) is 36.9 Å². The molecule has 19 heavy (non-hydrogen) atoms. The van der Waals surface area contributed by atoms with Crippen LogP contribution in [0.15, 0.2) is 18.2 Å². The Morgan fingerprint density at radius 1 is 1.16 bits per heavy atom. The number of ether oxygens (including phenoxy) is 4. The first kappa shape index (κ1) is 12.8. The first-order chi connectivity index (χ1) is 9.02. The largest absolute Gasteiger partial charge is 0.454 e. The molecule has 2 aliphatic rings. The van der Waals surface area contributed by atoms with Gasteiger partial charge in [0.05, 0.1) is 12.7 Å². The molecule has 2 aliphatic heterocycles. The highest BCUT2D eigenvalue weighted by Crippen LogP contribution is 2.34. The molecular weight excluding hydrogens is 244 g/mol. The third-order valence-electron chi connectivity index (χ3n) is 3.36. The lowest BCUT2D eigenvalue weighted by Gasteiger charge is -2.25. The molecule has 2 atom stereocenters. The highest BCUT2D eigenvalue weighted by molar-refractivity contribution is 5.44. The summed E-state index contributed by atoms with van der Waals surface area (Å²) >= 11 is 0. The predicted octanol–water partition coefficient (Wildman–Crippen LogP) is 2.75. The van der Waals surface area contributed by atoms with Crippen LogP contribution in [0.25, 0.3) is 0 Å². The van der Waals surface area contributed by atoms with Crippen molar-refractivity contribution in [3.05, 3.63) is 23.8 Å². The maximum Gasteiger partial charge on any atom is 0.231 e. The van der Waals surface area contributed by atoms with Gasteiger partial charge in [0.1, 0.15) is 0 Å². The zero-order chi connectivity index (χ0) is 13.5. The second-order valence-corrected chi connectivity index (χ2v) is 6.18. The Labute approximate surface area is 113 Å². The van der Waals surface area contributed by atoms with Gasteiger partial charge in [0.2, 0.25) is 6.79 Å². The van der Waals surface area contributed by atoms with Crippen LogP contribution in [0.1, 0.15) is 26.3 Å². The molecule has 0 bridgehead atoms. The average Bonchev–Trinajstić information content (AvgIpc) is 2.95. The summed E-state index contributed by atoms with van der Waals surface area (Å²) in [6.45, 7) is 7.34. The van der Waals surface area contributed by atoms with Gasteiger partial charge in [-0.25, -0.2) is 0 Å². The molecule has 0 aromatic heterocycles. The van der Waals surface area contributed by atoms with Gasteiger partial charge in [-0.2, -0.15) is 0 Å². The SMILES string of the molecule is CC(C)(C)C1OCC(Cc2ccc3c(c2)OCO3)O1. The van der Waals surface area contributed by atoms with Crippen molar-refractivity contribution in [2.75, 3.05) is 13.4 Å². The van der Waals surface area contributed by atoms with Crippen molar-refractivity contribution in [3.63, 3.8) is 0 Å². The molecule has 0 amide bonds. The van der Waals surface area contributed by atoms with E-state index in [1.165, 1.54) is 5.56 Å². The lowest BCUT2D eigenvalue weighted by molar-refractivity contribution is -0.123. The summed E-state index contributed by atoms with van der Waals surface area (Å²) < 4.78 is 22.4. The molecule has 4 heteroatoms. The summed E-state index contributed by atoms with van der Waals surface area (Å²) in [6.07, 6.45) is 0.833. The van der Waals surface area contributed by atoms with Crippen molar-refractivity contribution >= 4 is 0 Å². The quantitative estimate of drug-likeness (QED) is 0.823. The van der Waals surface area contributed by atoms with Gasteiger partial charge in [0.15, 0.2) is 17.8 Å². The Morgan fingerprint density at radius 2 is 1.95 bits per heavy atom. The van der Waals surface area contributed by atoms with Gasteiger partial charge in [0.25, 0.3) is 0 Å². The van der Waals surface area contributed by atoms with Crippen molar-refractivity contribution in [1.29, 1.82) is 0 Å². The van der Waals surface area contributed by atoms with E-state index in [1.54, 1.807) is 0 Å². The molecule has 1 aromatic carbocycles. The fourth-order valence-electron chi connectivity index (χ4n) is 2.34. The van der Waals surface area contributed by atoms with Crippen molar-refractivity contribution in [2.24, 2.45) is 5.41 Å². The van der Waals surface area contributed by atoms with Crippen molar-refractivity contribution in [3.8, 4) is 11.5 Å². The van der Waals surface area contributed by atoms with E-state index >= 15 is 0 Å². The van der Waals surface area contributed by atoms with E-state index in [2.05, 4.69) is 26.8 Å². The summed E-state index contributed by atoms with van der Waals surface area (Å²) in [5.41, 5.74) is 1.20. The Kier molecular flexibility index (Phi) is 3.15. The van der Waals surface area contributed by atoms with Crippen LogP contribution >= 0.6 is 0 Å². The maximum absolute atomic E-state index is 5.95. The fraction of sp³-hybridized carbons (Fsp3) is 0.600. The van der Waals surface area contributed by atoms with Crippen LogP contribution in [0.3, 0.4) is 0 Å². The molecule has 0 spiro atoms. The van der Waals surface area contributed by atoms with Crippen LogP contribution in [0.4, 0.5) is 0 Å². The van der Waals surface area contributed by atoms with Crippen LogP contribution in [0.2, 0.25) is 0 Å². The van der Waals surface area contributed by atoms with E-state index in [4.69, 9.17) is 18.9 Å². The molecule has 4 nitrogen and oxygen atoms in total.